The van der Waals surface area contributed by atoms with Crippen molar-refractivity contribution in [2.45, 2.75) is 6.54 Å². The lowest BCUT2D eigenvalue weighted by atomic mass is 10.7. The lowest BCUT2D eigenvalue weighted by Gasteiger charge is -1.89. The van der Waals surface area contributed by atoms with Gasteiger partial charge < -0.3 is 10.1 Å². The van der Waals surface area contributed by atoms with Crippen LogP contribution in [0.1, 0.15) is 5.01 Å². The summed E-state index contributed by atoms with van der Waals surface area (Å²) in [7, 11) is 0. The molecule has 0 saturated carbocycles. The summed E-state index contributed by atoms with van der Waals surface area (Å²) < 4.78 is 1.30. The number of aromatic nitrogens is 5. The van der Waals surface area contributed by atoms with Crippen LogP contribution in [0.15, 0.2) is 6.33 Å². The van der Waals surface area contributed by atoms with Gasteiger partial charge in [-0.15, -0.1) is 10.2 Å². The number of hydrogen-bond acceptors (Lipinski definition) is 9. The first-order valence-electron chi connectivity index (χ1n) is 4.02. The molecule has 2 aromatic heterocycles. The molecule has 0 unspecified atom stereocenters. The van der Waals surface area contributed by atoms with Crippen molar-refractivity contribution in [2.75, 3.05) is 5.43 Å². The van der Waals surface area contributed by atoms with Crippen molar-refractivity contribution in [3.05, 3.63) is 21.4 Å². The molecule has 0 amide bonds. The number of nitrogen functional groups attached to an aromatic ring is 1. The number of nitro groups is 1. The number of rotatable bonds is 4. The summed E-state index contributed by atoms with van der Waals surface area (Å²) in [6, 6.07) is 0. The van der Waals surface area contributed by atoms with Crippen molar-refractivity contribution in [1.82, 2.24) is 25.0 Å². The van der Waals surface area contributed by atoms with E-state index in [2.05, 4.69) is 25.7 Å². The Labute approximate surface area is 92.2 Å². The fourth-order valence-corrected chi connectivity index (χ4v) is 1.60. The normalized spacial score (nSPS) is 10.3. The van der Waals surface area contributed by atoms with Crippen LogP contribution in [0.4, 0.5) is 11.1 Å². The average Bonchev–Trinajstić information content (AvgIpc) is 2.87. The van der Waals surface area contributed by atoms with Gasteiger partial charge in [-0.3, -0.25) is 5.43 Å². The second-order valence-electron chi connectivity index (χ2n) is 2.64. The Morgan fingerprint density at radius 3 is 3.00 bits per heavy atom. The van der Waals surface area contributed by atoms with E-state index in [1.165, 1.54) is 22.3 Å². The molecule has 2 rings (SSSR count). The van der Waals surface area contributed by atoms with Gasteiger partial charge in [-0.1, -0.05) is 16.3 Å². The number of hydrazine groups is 1. The molecule has 0 spiro atoms. The molecule has 3 N–H and O–H groups in total. The standard InChI is InChI=1S/C5H6N8O2S/c6-8-5-10-9-3(16-5)1-12-2-7-4(11-12)13(14)15/h2H,1,6H2,(H,8,10). The average molecular weight is 242 g/mol. The van der Waals surface area contributed by atoms with Gasteiger partial charge in [-0.05, 0) is 4.92 Å². The van der Waals surface area contributed by atoms with Crippen molar-refractivity contribution < 1.29 is 4.92 Å². The first kappa shape index (κ1) is 10.4. The van der Waals surface area contributed by atoms with Crippen molar-refractivity contribution in [3.63, 3.8) is 0 Å². The Morgan fingerprint density at radius 1 is 1.62 bits per heavy atom. The molecule has 0 saturated heterocycles. The quantitative estimate of drug-likeness (QED) is 0.410. The maximum Gasteiger partial charge on any atom is 0.490 e. The van der Waals surface area contributed by atoms with Gasteiger partial charge in [0.05, 0.1) is 0 Å². The summed E-state index contributed by atoms with van der Waals surface area (Å²) in [5.74, 6) is 4.69. The van der Waals surface area contributed by atoms with Gasteiger partial charge >= 0.3 is 5.95 Å². The van der Waals surface area contributed by atoms with E-state index in [4.69, 9.17) is 5.84 Å². The fraction of sp³-hybridized carbons (Fsp3) is 0.200. The minimum atomic E-state index is -0.663. The second-order valence-corrected chi connectivity index (χ2v) is 3.71. The molecule has 0 aliphatic carbocycles. The Bertz CT molecular complexity index is 506. The summed E-state index contributed by atoms with van der Waals surface area (Å²) >= 11 is 1.23. The van der Waals surface area contributed by atoms with Crippen molar-refractivity contribution in [3.8, 4) is 0 Å². The van der Waals surface area contributed by atoms with E-state index in [-0.39, 0.29) is 6.54 Å². The molecule has 0 radical (unpaired) electrons. The summed E-state index contributed by atoms with van der Waals surface area (Å²) in [5.41, 5.74) is 2.35. The zero-order valence-corrected chi connectivity index (χ0v) is 8.59. The molecule has 84 valence electrons. The predicted octanol–water partition coefficient (Wildman–Crippen LogP) is -0.628. The highest BCUT2D eigenvalue weighted by Crippen LogP contribution is 2.14. The Hall–Kier alpha value is -2.14. The van der Waals surface area contributed by atoms with E-state index in [1.807, 2.05) is 0 Å². The van der Waals surface area contributed by atoms with Gasteiger partial charge in [0.25, 0.3) is 0 Å². The van der Waals surface area contributed by atoms with Gasteiger partial charge in [0.2, 0.25) is 11.5 Å². The van der Waals surface area contributed by atoms with Crippen LogP contribution in [-0.2, 0) is 6.54 Å². The molecule has 0 aliphatic heterocycles. The molecule has 10 nitrogen and oxygen atoms in total. The van der Waals surface area contributed by atoms with E-state index >= 15 is 0 Å². The summed E-state index contributed by atoms with van der Waals surface area (Å²) in [5, 5.41) is 22.6. The second kappa shape index (κ2) is 4.16. The van der Waals surface area contributed by atoms with Crippen molar-refractivity contribution >= 4 is 22.4 Å². The smallest absolute Gasteiger partial charge is 0.390 e. The molecule has 0 aliphatic rings. The lowest BCUT2D eigenvalue weighted by molar-refractivity contribution is -0.394. The Balaban J connectivity index is 2.11. The minimum Gasteiger partial charge on any atom is -0.390 e. The van der Waals surface area contributed by atoms with Gasteiger partial charge in [-0.25, -0.2) is 5.84 Å². The Kier molecular flexibility index (Phi) is 2.70. The molecule has 0 bridgehead atoms. The molecule has 0 fully saturated rings. The van der Waals surface area contributed by atoms with Gasteiger partial charge in [0.15, 0.2) is 0 Å². The molecule has 2 aromatic rings. The maximum absolute atomic E-state index is 10.3. The number of nitrogens with one attached hydrogen (secondary N) is 1. The zero-order chi connectivity index (χ0) is 11.5. The van der Waals surface area contributed by atoms with Crippen LogP contribution in [0.2, 0.25) is 0 Å². The highest BCUT2D eigenvalue weighted by atomic mass is 32.1. The van der Waals surface area contributed by atoms with Crippen LogP contribution in [0.3, 0.4) is 0 Å². The molecular formula is C5H6N8O2S. The van der Waals surface area contributed by atoms with E-state index in [0.717, 1.165) is 0 Å². The fourth-order valence-electron chi connectivity index (χ4n) is 0.959. The Morgan fingerprint density at radius 2 is 2.44 bits per heavy atom. The molecule has 0 atom stereocenters. The largest absolute Gasteiger partial charge is 0.490 e. The number of nitrogens with two attached hydrogens (primary N) is 1. The summed E-state index contributed by atoms with van der Waals surface area (Å²) in [4.78, 5) is 13.2. The van der Waals surface area contributed by atoms with Crippen LogP contribution < -0.4 is 11.3 Å². The first-order valence-corrected chi connectivity index (χ1v) is 4.83. The van der Waals surface area contributed by atoms with Crippen LogP contribution in [-0.4, -0.2) is 29.9 Å². The molecule has 2 heterocycles. The van der Waals surface area contributed by atoms with Crippen LogP contribution in [0.5, 0.6) is 0 Å². The first-order chi connectivity index (χ1) is 7.69. The predicted molar refractivity (Wildman–Crippen MR) is 53.5 cm³/mol. The minimum absolute atomic E-state index is 0.264. The maximum atomic E-state index is 10.3. The monoisotopic (exact) mass is 242 g/mol. The van der Waals surface area contributed by atoms with E-state index < -0.39 is 10.9 Å². The third-order valence-corrected chi connectivity index (χ3v) is 2.41. The zero-order valence-electron chi connectivity index (χ0n) is 7.77. The van der Waals surface area contributed by atoms with E-state index in [0.29, 0.717) is 10.1 Å². The highest BCUT2D eigenvalue weighted by molar-refractivity contribution is 7.15. The summed E-state index contributed by atoms with van der Waals surface area (Å²) in [6.45, 7) is 0.264. The highest BCUT2D eigenvalue weighted by Gasteiger charge is 2.14. The molecule has 16 heavy (non-hydrogen) atoms. The SMILES string of the molecule is NNc1nnc(Cn2cnc([N+](=O)[O-])n2)s1. The third-order valence-electron chi connectivity index (χ3n) is 1.58. The molecule has 0 aromatic carbocycles. The van der Waals surface area contributed by atoms with Crippen molar-refractivity contribution in [2.24, 2.45) is 5.84 Å². The number of nitrogens with zero attached hydrogens (tertiary/aromatic N) is 6. The number of anilines is 1. The number of hydrogen-bond donors (Lipinski definition) is 2. The van der Waals surface area contributed by atoms with Gasteiger partial charge in [0, 0.05) is 5.10 Å². The molecule has 11 heteroatoms. The van der Waals surface area contributed by atoms with Crippen molar-refractivity contribution in [1.29, 1.82) is 0 Å². The molecular weight excluding hydrogens is 236 g/mol. The third kappa shape index (κ3) is 2.09. The summed E-state index contributed by atoms with van der Waals surface area (Å²) in [6.07, 6.45) is 1.26. The van der Waals surface area contributed by atoms with E-state index in [9.17, 15) is 10.1 Å². The lowest BCUT2D eigenvalue weighted by Crippen LogP contribution is -2.05. The van der Waals surface area contributed by atoms with Crippen LogP contribution in [0.25, 0.3) is 0 Å². The van der Waals surface area contributed by atoms with Crippen LogP contribution in [0, 0.1) is 10.1 Å². The van der Waals surface area contributed by atoms with Gasteiger partial charge in [-0.2, -0.15) is 4.68 Å². The van der Waals surface area contributed by atoms with Gasteiger partial charge in [0.1, 0.15) is 11.6 Å². The van der Waals surface area contributed by atoms with E-state index in [1.54, 1.807) is 0 Å². The van der Waals surface area contributed by atoms with Crippen LogP contribution >= 0.6 is 11.3 Å². The topological polar surface area (TPSA) is 138 Å².